The molecule has 2 aromatic heterocycles. The summed E-state index contributed by atoms with van der Waals surface area (Å²) in [5.41, 5.74) is 0.746. The standard InChI is InChI=1S/C17H15ClFN3O2S2/c1-2-6-22-16(24)15-12(5-7-25-15)21-17(22)26-9-14(23)20-13-8-10(19)3-4-11(13)18/h3-5,7-8H,2,6,9H2,1H3,(H,20,23). The van der Waals surface area contributed by atoms with Gasteiger partial charge in [0.2, 0.25) is 5.91 Å². The van der Waals surface area contributed by atoms with E-state index in [0.29, 0.717) is 21.9 Å². The van der Waals surface area contributed by atoms with Crippen LogP contribution in [0.3, 0.4) is 0 Å². The second-order valence-corrected chi connectivity index (χ2v) is 7.71. The van der Waals surface area contributed by atoms with Gasteiger partial charge in [-0.3, -0.25) is 14.2 Å². The number of rotatable bonds is 6. The van der Waals surface area contributed by atoms with Crippen LogP contribution in [0.15, 0.2) is 39.6 Å². The predicted molar refractivity (Wildman–Crippen MR) is 105 cm³/mol. The molecule has 0 aliphatic heterocycles. The quantitative estimate of drug-likeness (QED) is 0.482. The Morgan fingerprint density at radius 3 is 3.00 bits per heavy atom. The van der Waals surface area contributed by atoms with Crippen molar-refractivity contribution in [3.63, 3.8) is 0 Å². The first-order chi connectivity index (χ1) is 12.5. The number of nitrogens with zero attached hydrogens (tertiary/aromatic N) is 2. The number of anilines is 1. The number of thiophene rings is 1. The van der Waals surface area contributed by atoms with E-state index < -0.39 is 5.82 Å². The van der Waals surface area contributed by atoms with Crippen molar-refractivity contribution >= 4 is 56.5 Å². The molecule has 3 aromatic rings. The lowest BCUT2D eigenvalue weighted by atomic mass is 10.3. The summed E-state index contributed by atoms with van der Waals surface area (Å²) in [7, 11) is 0. The van der Waals surface area contributed by atoms with Crippen LogP contribution in [0, 0.1) is 5.82 Å². The van der Waals surface area contributed by atoms with E-state index in [1.807, 2.05) is 12.3 Å². The van der Waals surface area contributed by atoms with Crippen LogP contribution in [0.4, 0.5) is 10.1 Å². The summed E-state index contributed by atoms with van der Waals surface area (Å²) in [6.45, 7) is 2.50. The van der Waals surface area contributed by atoms with E-state index in [1.165, 1.54) is 23.5 Å². The fourth-order valence-electron chi connectivity index (χ4n) is 2.36. The molecule has 26 heavy (non-hydrogen) atoms. The first-order valence-corrected chi connectivity index (χ1v) is 10.1. The average Bonchev–Trinajstić information content (AvgIpc) is 3.08. The van der Waals surface area contributed by atoms with Gasteiger partial charge in [0.25, 0.3) is 5.56 Å². The van der Waals surface area contributed by atoms with Crippen molar-refractivity contribution in [2.24, 2.45) is 0 Å². The van der Waals surface area contributed by atoms with Crippen LogP contribution in [-0.4, -0.2) is 21.2 Å². The predicted octanol–water partition coefficient (Wildman–Crippen LogP) is 4.39. The highest BCUT2D eigenvalue weighted by Gasteiger charge is 2.14. The number of amides is 1. The Balaban J connectivity index is 1.78. The molecular weight excluding hydrogens is 397 g/mol. The lowest BCUT2D eigenvalue weighted by Crippen LogP contribution is -2.23. The highest BCUT2D eigenvalue weighted by Crippen LogP contribution is 2.24. The Hall–Kier alpha value is -1.90. The van der Waals surface area contributed by atoms with E-state index in [4.69, 9.17) is 11.6 Å². The minimum absolute atomic E-state index is 0.0264. The number of fused-ring (bicyclic) bond motifs is 1. The summed E-state index contributed by atoms with van der Waals surface area (Å²) in [5, 5.41) is 5.14. The molecule has 2 heterocycles. The van der Waals surface area contributed by atoms with Crippen molar-refractivity contribution in [1.29, 1.82) is 0 Å². The van der Waals surface area contributed by atoms with E-state index in [1.54, 1.807) is 10.6 Å². The second-order valence-electron chi connectivity index (χ2n) is 5.45. The molecule has 0 aliphatic carbocycles. The van der Waals surface area contributed by atoms with Gasteiger partial charge in [0.05, 0.1) is 22.0 Å². The molecule has 9 heteroatoms. The van der Waals surface area contributed by atoms with Gasteiger partial charge in [-0.25, -0.2) is 9.37 Å². The summed E-state index contributed by atoms with van der Waals surface area (Å²) in [6, 6.07) is 5.54. The van der Waals surface area contributed by atoms with Crippen molar-refractivity contribution < 1.29 is 9.18 Å². The number of nitrogens with one attached hydrogen (secondary N) is 1. The molecule has 1 amide bonds. The SMILES string of the molecule is CCCn1c(SCC(=O)Nc2cc(F)ccc2Cl)nc2ccsc2c1=O. The van der Waals surface area contributed by atoms with Crippen LogP contribution in [0.1, 0.15) is 13.3 Å². The van der Waals surface area contributed by atoms with Crippen molar-refractivity contribution in [1.82, 2.24) is 9.55 Å². The zero-order chi connectivity index (χ0) is 18.7. The van der Waals surface area contributed by atoms with E-state index in [-0.39, 0.29) is 27.9 Å². The molecule has 0 atom stereocenters. The van der Waals surface area contributed by atoms with Crippen molar-refractivity contribution in [2.45, 2.75) is 25.0 Å². The van der Waals surface area contributed by atoms with Crippen LogP contribution in [0.5, 0.6) is 0 Å². The first kappa shape index (κ1) is 18.9. The highest BCUT2D eigenvalue weighted by molar-refractivity contribution is 7.99. The monoisotopic (exact) mass is 411 g/mol. The summed E-state index contributed by atoms with van der Waals surface area (Å²) in [4.78, 5) is 29.3. The molecular formula is C17H15ClFN3O2S2. The third kappa shape index (κ3) is 4.08. The topological polar surface area (TPSA) is 64.0 Å². The van der Waals surface area contributed by atoms with Crippen LogP contribution in [0.2, 0.25) is 5.02 Å². The number of carbonyl (C=O) groups excluding carboxylic acids is 1. The van der Waals surface area contributed by atoms with Gasteiger partial charge in [-0.05, 0) is 36.1 Å². The summed E-state index contributed by atoms with van der Waals surface area (Å²) in [5.74, 6) is -0.817. The molecule has 1 N–H and O–H groups in total. The maximum absolute atomic E-state index is 13.3. The van der Waals surface area contributed by atoms with Gasteiger partial charge in [-0.1, -0.05) is 30.3 Å². The van der Waals surface area contributed by atoms with E-state index in [9.17, 15) is 14.0 Å². The van der Waals surface area contributed by atoms with Gasteiger partial charge in [0.1, 0.15) is 10.5 Å². The number of benzene rings is 1. The molecule has 0 saturated heterocycles. The molecule has 0 saturated carbocycles. The average molecular weight is 412 g/mol. The van der Waals surface area contributed by atoms with Gasteiger partial charge < -0.3 is 5.32 Å². The summed E-state index contributed by atoms with van der Waals surface area (Å²) < 4.78 is 15.5. The number of hydrogen-bond donors (Lipinski definition) is 1. The normalized spacial score (nSPS) is 11.0. The summed E-state index contributed by atoms with van der Waals surface area (Å²) >= 11 is 8.47. The number of hydrogen-bond acceptors (Lipinski definition) is 5. The molecule has 0 radical (unpaired) electrons. The Morgan fingerprint density at radius 2 is 2.23 bits per heavy atom. The van der Waals surface area contributed by atoms with Gasteiger partial charge in [0.15, 0.2) is 5.16 Å². The van der Waals surface area contributed by atoms with E-state index in [0.717, 1.165) is 24.2 Å². The summed E-state index contributed by atoms with van der Waals surface area (Å²) in [6.07, 6.45) is 0.775. The molecule has 136 valence electrons. The molecule has 0 bridgehead atoms. The van der Waals surface area contributed by atoms with Crippen molar-refractivity contribution in [2.75, 3.05) is 11.1 Å². The Kier molecular flexibility index (Phi) is 5.95. The van der Waals surface area contributed by atoms with E-state index in [2.05, 4.69) is 10.3 Å². The maximum atomic E-state index is 13.3. The van der Waals surface area contributed by atoms with Gasteiger partial charge in [-0.15, -0.1) is 11.3 Å². The zero-order valence-electron chi connectivity index (χ0n) is 13.8. The number of carbonyl (C=O) groups is 1. The Bertz CT molecular complexity index is 1020. The fraction of sp³-hybridized carbons (Fsp3) is 0.235. The van der Waals surface area contributed by atoms with Crippen LogP contribution < -0.4 is 10.9 Å². The van der Waals surface area contributed by atoms with Crippen molar-refractivity contribution in [3.05, 3.63) is 50.8 Å². The molecule has 0 aliphatic rings. The van der Waals surface area contributed by atoms with Gasteiger partial charge >= 0.3 is 0 Å². The van der Waals surface area contributed by atoms with Gasteiger partial charge in [0, 0.05) is 6.54 Å². The van der Waals surface area contributed by atoms with E-state index >= 15 is 0 Å². The molecule has 1 aromatic carbocycles. The van der Waals surface area contributed by atoms with Gasteiger partial charge in [-0.2, -0.15) is 0 Å². The van der Waals surface area contributed by atoms with Crippen LogP contribution >= 0.6 is 34.7 Å². The number of aromatic nitrogens is 2. The lowest BCUT2D eigenvalue weighted by Gasteiger charge is -2.11. The van der Waals surface area contributed by atoms with Crippen LogP contribution in [-0.2, 0) is 11.3 Å². The van der Waals surface area contributed by atoms with Crippen LogP contribution in [0.25, 0.3) is 10.2 Å². The third-order valence-electron chi connectivity index (χ3n) is 3.51. The molecule has 3 rings (SSSR count). The smallest absolute Gasteiger partial charge is 0.272 e. The number of halogens is 2. The molecule has 0 unspecified atom stereocenters. The highest BCUT2D eigenvalue weighted by atomic mass is 35.5. The molecule has 5 nitrogen and oxygen atoms in total. The second kappa shape index (κ2) is 8.20. The third-order valence-corrected chi connectivity index (χ3v) is 5.71. The Labute approximate surface area is 162 Å². The number of thioether (sulfide) groups is 1. The maximum Gasteiger partial charge on any atom is 0.272 e. The Morgan fingerprint density at radius 1 is 1.42 bits per heavy atom. The lowest BCUT2D eigenvalue weighted by molar-refractivity contribution is -0.113. The molecule has 0 spiro atoms. The zero-order valence-corrected chi connectivity index (χ0v) is 16.2. The minimum Gasteiger partial charge on any atom is -0.324 e. The largest absolute Gasteiger partial charge is 0.324 e. The van der Waals surface area contributed by atoms with Crippen molar-refractivity contribution in [3.8, 4) is 0 Å². The molecule has 0 fully saturated rings. The first-order valence-electron chi connectivity index (χ1n) is 7.85. The fourth-order valence-corrected chi connectivity index (χ4v) is 4.13. The minimum atomic E-state index is -0.487.